The first-order chi connectivity index (χ1) is 10.2. The summed E-state index contributed by atoms with van der Waals surface area (Å²) in [6.45, 7) is 7.29. The minimum Gasteiger partial charge on any atom is -0.496 e. The maximum atomic E-state index is 5.59. The van der Waals surface area contributed by atoms with Gasteiger partial charge in [0, 0.05) is 18.0 Å². The number of hydrogen-bond donors (Lipinski definition) is 1. The molecule has 0 aliphatic rings. The second kappa shape index (κ2) is 7.32. The van der Waals surface area contributed by atoms with E-state index in [4.69, 9.17) is 9.15 Å². The molecule has 0 spiro atoms. The van der Waals surface area contributed by atoms with E-state index >= 15 is 0 Å². The topological polar surface area (TPSA) is 34.4 Å². The van der Waals surface area contributed by atoms with Crippen molar-refractivity contribution in [2.45, 2.75) is 39.7 Å². The number of methoxy groups -OCH3 is 1. The van der Waals surface area contributed by atoms with Crippen LogP contribution in [0.4, 0.5) is 0 Å². The van der Waals surface area contributed by atoms with E-state index in [1.54, 1.807) is 13.4 Å². The highest BCUT2D eigenvalue weighted by atomic mass is 16.5. The highest BCUT2D eigenvalue weighted by Gasteiger charge is 2.18. The summed E-state index contributed by atoms with van der Waals surface area (Å²) in [5.74, 6) is 2.01. The largest absolute Gasteiger partial charge is 0.496 e. The van der Waals surface area contributed by atoms with Gasteiger partial charge < -0.3 is 14.5 Å². The molecule has 0 radical (unpaired) electrons. The first kappa shape index (κ1) is 15.6. The summed E-state index contributed by atoms with van der Waals surface area (Å²) in [6.07, 6.45) is 3.59. The van der Waals surface area contributed by atoms with E-state index in [0.29, 0.717) is 0 Å². The molecule has 114 valence electrons. The first-order valence-corrected chi connectivity index (χ1v) is 7.62. The summed E-state index contributed by atoms with van der Waals surface area (Å²) >= 11 is 0. The van der Waals surface area contributed by atoms with E-state index in [0.717, 1.165) is 30.9 Å². The Morgan fingerprint density at radius 1 is 1.24 bits per heavy atom. The fraction of sp³-hybridized carbons (Fsp3) is 0.444. The molecule has 1 aromatic heterocycles. The van der Waals surface area contributed by atoms with Gasteiger partial charge >= 0.3 is 0 Å². The molecule has 1 heterocycles. The van der Waals surface area contributed by atoms with E-state index < -0.39 is 0 Å². The van der Waals surface area contributed by atoms with Gasteiger partial charge in [-0.05, 0) is 37.6 Å². The number of hydrogen-bond acceptors (Lipinski definition) is 3. The third kappa shape index (κ3) is 3.67. The Labute approximate surface area is 127 Å². The minimum absolute atomic E-state index is 0.249. The van der Waals surface area contributed by atoms with E-state index in [1.165, 1.54) is 16.7 Å². The lowest BCUT2D eigenvalue weighted by molar-refractivity contribution is 0.405. The fourth-order valence-corrected chi connectivity index (χ4v) is 2.77. The summed E-state index contributed by atoms with van der Waals surface area (Å²) in [5.41, 5.74) is 3.73. The van der Waals surface area contributed by atoms with Crippen LogP contribution in [0.2, 0.25) is 0 Å². The molecule has 1 N–H and O–H groups in total. The number of furan rings is 1. The van der Waals surface area contributed by atoms with E-state index in [2.05, 4.69) is 44.3 Å². The third-order valence-corrected chi connectivity index (χ3v) is 3.79. The normalized spacial score (nSPS) is 12.4. The highest BCUT2D eigenvalue weighted by Crippen LogP contribution is 2.28. The fourth-order valence-electron chi connectivity index (χ4n) is 2.77. The molecule has 3 heteroatoms. The number of rotatable bonds is 7. The van der Waals surface area contributed by atoms with Crippen molar-refractivity contribution in [3.05, 3.63) is 53.0 Å². The molecule has 0 fully saturated rings. The molecule has 0 saturated heterocycles. The molecule has 2 rings (SSSR count). The van der Waals surface area contributed by atoms with Gasteiger partial charge in [0.1, 0.15) is 11.5 Å². The number of ether oxygens (including phenoxy) is 1. The molecule has 3 nitrogen and oxygen atoms in total. The SMILES string of the molecule is CCNC(Cc1cc(C)ccc1OC)c1ccoc1CC. The van der Waals surface area contributed by atoms with Crippen molar-refractivity contribution in [3.8, 4) is 5.75 Å². The second-order valence-electron chi connectivity index (χ2n) is 5.28. The Balaban J connectivity index is 2.30. The van der Waals surface area contributed by atoms with Gasteiger partial charge in [-0.1, -0.05) is 31.5 Å². The lowest BCUT2D eigenvalue weighted by atomic mass is 9.96. The number of benzene rings is 1. The number of aryl methyl sites for hydroxylation is 2. The van der Waals surface area contributed by atoms with Crippen LogP contribution in [0.5, 0.6) is 5.75 Å². The Morgan fingerprint density at radius 2 is 2.05 bits per heavy atom. The van der Waals surface area contributed by atoms with Crippen LogP contribution in [0, 0.1) is 6.92 Å². The molecular weight excluding hydrogens is 262 g/mol. The number of nitrogens with one attached hydrogen (secondary N) is 1. The van der Waals surface area contributed by atoms with Crippen molar-refractivity contribution in [2.75, 3.05) is 13.7 Å². The van der Waals surface area contributed by atoms with E-state index in [-0.39, 0.29) is 6.04 Å². The zero-order valence-electron chi connectivity index (χ0n) is 13.4. The summed E-state index contributed by atoms with van der Waals surface area (Å²) in [4.78, 5) is 0. The molecule has 1 aromatic carbocycles. The monoisotopic (exact) mass is 287 g/mol. The molecule has 1 atom stereocenters. The van der Waals surface area contributed by atoms with E-state index in [1.807, 2.05) is 6.07 Å². The van der Waals surface area contributed by atoms with Crippen molar-refractivity contribution < 1.29 is 9.15 Å². The van der Waals surface area contributed by atoms with Crippen molar-refractivity contribution in [2.24, 2.45) is 0 Å². The molecule has 0 aliphatic carbocycles. The molecule has 0 amide bonds. The average Bonchev–Trinajstić information content (AvgIpc) is 2.95. The average molecular weight is 287 g/mol. The number of likely N-dealkylation sites (N-methyl/N-ethyl adjacent to an activating group) is 1. The van der Waals surface area contributed by atoms with Gasteiger partial charge in [0.15, 0.2) is 0 Å². The van der Waals surface area contributed by atoms with Crippen molar-refractivity contribution in [3.63, 3.8) is 0 Å². The highest BCUT2D eigenvalue weighted by molar-refractivity contribution is 5.38. The quantitative estimate of drug-likeness (QED) is 0.834. The summed E-state index contributed by atoms with van der Waals surface area (Å²) in [6, 6.07) is 8.66. The van der Waals surface area contributed by atoms with Crippen molar-refractivity contribution >= 4 is 0 Å². The van der Waals surface area contributed by atoms with Crippen LogP contribution >= 0.6 is 0 Å². The molecule has 1 unspecified atom stereocenters. The minimum atomic E-state index is 0.249. The van der Waals surface area contributed by atoms with Crippen LogP contribution in [0.3, 0.4) is 0 Å². The predicted octanol–water partition coefficient (Wildman–Crippen LogP) is 4.05. The smallest absolute Gasteiger partial charge is 0.122 e. The second-order valence-corrected chi connectivity index (χ2v) is 5.28. The zero-order chi connectivity index (χ0) is 15.2. The Bertz CT molecular complexity index is 574. The maximum Gasteiger partial charge on any atom is 0.122 e. The molecule has 21 heavy (non-hydrogen) atoms. The van der Waals surface area contributed by atoms with Crippen LogP contribution in [-0.4, -0.2) is 13.7 Å². The van der Waals surface area contributed by atoms with Gasteiger partial charge in [-0.2, -0.15) is 0 Å². The molecule has 0 bridgehead atoms. The summed E-state index contributed by atoms with van der Waals surface area (Å²) in [5, 5.41) is 3.56. The lowest BCUT2D eigenvalue weighted by Crippen LogP contribution is -2.23. The third-order valence-electron chi connectivity index (χ3n) is 3.79. The van der Waals surface area contributed by atoms with Crippen LogP contribution in [0.1, 0.15) is 42.3 Å². The van der Waals surface area contributed by atoms with Gasteiger partial charge in [-0.15, -0.1) is 0 Å². The van der Waals surface area contributed by atoms with Crippen LogP contribution in [0.15, 0.2) is 34.9 Å². The Hall–Kier alpha value is -1.74. The Kier molecular flexibility index (Phi) is 5.45. The lowest BCUT2D eigenvalue weighted by Gasteiger charge is -2.20. The molecular formula is C18H25NO2. The standard InChI is InChI=1S/C18H25NO2/c1-5-17-15(9-10-21-17)16(19-6-2)12-14-11-13(3)7-8-18(14)20-4/h7-11,16,19H,5-6,12H2,1-4H3. The van der Waals surface area contributed by atoms with Gasteiger partial charge in [0.25, 0.3) is 0 Å². The van der Waals surface area contributed by atoms with Gasteiger partial charge in [0.2, 0.25) is 0 Å². The van der Waals surface area contributed by atoms with Gasteiger partial charge in [0.05, 0.1) is 13.4 Å². The van der Waals surface area contributed by atoms with Crippen LogP contribution in [0.25, 0.3) is 0 Å². The molecule has 0 saturated carbocycles. The maximum absolute atomic E-state index is 5.59. The van der Waals surface area contributed by atoms with Crippen LogP contribution in [-0.2, 0) is 12.8 Å². The van der Waals surface area contributed by atoms with Gasteiger partial charge in [-0.3, -0.25) is 0 Å². The molecule has 0 aliphatic heterocycles. The van der Waals surface area contributed by atoms with E-state index in [9.17, 15) is 0 Å². The van der Waals surface area contributed by atoms with Crippen molar-refractivity contribution in [1.82, 2.24) is 5.32 Å². The van der Waals surface area contributed by atoms with Crippen LogP contribution < -0.4 is 10.1 Å². The first-order valence-electron chi connectivity index (χ1n) is 7.62. The predicted molar refractivity (Wildman–Crippen MR) is 85.9 cm³/mol. The summed E-state index contributed by atoms with van der Waals surface area (Å²) < 4.78 is 11.1. The molecule has 2 aromatic rings. The zero-order valence-corrected chi connectivity index (χ0v) is 13.4. The van der Waals surface area contributed by atoms with Gasteiger partial charge in [-0.25, -0.2) is 0 Å². The van der Waals surface area contributed by atoms with Crippen molar-refractivity contribution in [1.29, 1.82) is 0 Å². The summed E-state index contributed by atoms with van der Waals surface area (Å²) in [7, 11) is 1.73. The Morgan fingerprint density at radius 3 is 2.71 bits per heavy atom.